The summed E-state index contributed by atoms with van der Waals surface area (Å²) in [5.74, 6) is -2.59. The molecule has 0 aliphatic carbocycles. The Morgan fingerprint density at radius 3 is 1.97 bits per heavy atom. The number of nitrogens with one attached hydrogen (secondary N) is 3. The number of anilines is 1. The first-order chi connectivity index (χ1) is 44.2. The van der Waals surface area contributed by atoms with Crippen LogP contribution in [0.2, 0.25) is 0 Å². The molecule has 0 saturated carbocycles. The van der Waals surface area contributed by atoms with Crippen molar-refractivity contribution in [3.8, 4) is 0 Å². The van der Waals surface area contributed by atoms with Gasteiger partial charge in [-0.1, -0.05) is 142 Å². The molecule has 1 aliphatic rings. The van der Waals surface area contributed by atoms with Crippen LogP contribution in [0.4, 0.5) is 15.3 Å². The summed E-state index contributed by atoms with van der Waals surface area (Å²) in [4.78, 5) is 121. The van der Waals surface area contributed by atoms with Gasteiger partial charge >= 0.3 is 12.1 Å². The quantitative estimate of drug-likeness (QED) is 0.0305. The van der Waals surface area contributed by atoms with E-state index in [4.69, 9.17) is 19.9 Å². The molecule has 0 spiro atoms. The van der Waals surface area contributed by atoms with E-state index >= 15 is 0 Å². The molecule has 512 valence electrons. The van der Waals surface area contributed by atoms with Gasteiger partial charge in [0.05, 0.1) is 54.8 Å². The number of amides is 7. The number of thiazole rings is 1. The Kier molecular flexibility index (Phi) is 31.1. The van der Waals surface area contributed by atoms with Crippen LogP contribution in [0.3, 0.4) is 0 Å². The molecule has 5 rings (SSSR count). The minimum absolute atomic E-state index is 0.00209. The molecule has 1 aromatic heterocycles. The van der Waals surface area contributed by atoms with E-state index in [1.165, 1.54) is 16.2 Å². The molecule has 4 aromatic rings. The van der Waals surface area contributed by atoms with Crippen LogP contribution in [-0.2, 0) is 68.8 Å². The molecule has 11 atom stereocenters. The van der Waals surface area contributed by atoms with Gasteiger partial charge in [-0.3, -0.25) is 38.6 Å². The molecule has 3 aromatic carbocycles. The molecule has 0 radical (unpaired) electrons. The highest BCUT2D eigenvalue weighted by Crippen LogP contribution is 2.32. The number of hydrogen-bond donors (Lipinski definition) is 4. The van der Waals surface area contributed by atoms with E-state index in [0.717, 1.165) is 33.7 Å². The summed E-state index contributed by atoms with van der Waals surface area (Å²) < 4.78 is 18.0. The lowest BCUT2D eigenvalue weighted by atomic mass is 9.83. The Hall–Kier alpha value is -7.07. The van der Waals surface area contributed by atoms with E-state index in [9.17, 15) is 38.4 Å². The average Bonchev–Trinajstić information content (AvgIpc) is 1.81. The molecule has 0 bridgehead atoms. The minimum Gasteiger partial charge on any atom is -0.444 e. The molecule has 1 saturated heterocycles. The largest absolute Gasteiger partial charge is 0.444 e. The zero-order valence-electron chi connectivity index (χ0n) is 57.9. The van der Waals surface area contributed by atoms with Crippen molar-refractivity contribution in [2.45, 2.75) is 182 Å². The number of hydrogen-bond acceptors (Lipinski definition) is 14. The third kappa shape index (κ3) is 22.6. The summed E-state index contributed by atoms with van der Waals surface area (Å²) in [6, 6.07) is 21.7. The van der Waals surface area contributed by atoms with Crippen molar-refractivity contribution in [2.24, 2.45) is 47.2 Å². The smallest absolute Gasteiger partial charge is 0.414 e. The lowest BCUT2D eigenvalue weighted by Crippen LogP contribution is -2.54. The molecule has 5 N–H and O–H groups in total. The maximum Gasteiger partial charge on any atom is 0.414 e. The number of carbonyl (C=O) groups is 8. The Morgan fingerprint density at radius 2 is 1.39 bits per heavy atom. The number of carbonyl (C=O) groups excluding carboxylic acids is 8. The first-order valence-corrected chi connectivity index (χ1v) is 34.1. The van der Waals surface area contributed by atoms with Crippen LogP contribution in [0.5, 0.6) is 0 Å². The van der Waals surface area contributed by atoms with Gasteiger partial charge in [0, 0.05) is 89.9 Å². The number of ether oxygens (including phenoxy) is 3. The zero-order valence-corrected chi connectivity index (χ0v) is 58.7. The van der Waals surface area contributed by atoms with E-state index in [1.807, 2.05) is 127 Å². The number of ketones is 2. The van der Waals surface area contributed by atoms with E-state index in [0.29, 0.717) is 57.3 Å². The average molecular weight is 1310 g/mol. The fraction of sp³-hybridized carbons (Fsp3) is 0.597. The van der Waals surface area contributed by atoms with Crippen molar-refractivity contribution >= 4 is 64.3 Å². The Labute approximate surface area is 557 Å². The lowest BCUT2D eigenvalue weighted by Gasteiger charge is -2.41. The van der Waals surface area contributed by atoms with Crippen LogP contribution >= 0.6 is 11.3 Å². The number of aromatic nitrogens is 1. The molecule has 21 heteroatoms. The van der Waals surface area contributed by atoms with Gasteiger partial charge in [0.2, 0.25) is 23.6 Å². The fourth-order valence-corrected chi connectivity index (χ4v) is 13.3. The minimum atomic E-state index is -0.734. The summed E-state index contributed by atoms with van der Waals surface area (Å²) in [6.07, 6.45) is 4.18. The van der Waals surface area contributed by atoms with Gasteiger partial charge in [-0.25, -0.2) is 14.6 Å². The molecular weight excluding hydrogens is 1200 g/mol. The van der Waals surface area contributed by atoms with Gasteiger partial charge in [-0.05, 0) is 104 Å². The van der Waals surface area contributed by atoms with E-state index in [1.54, 1.807) is 63.7 Å². The highest BCUT2D eigenvalue weighted by atomic mass is 32.1. The number of benzene rings is 3. The van der Waals surface area contributed by atoms with Crippen molar-refractivity contribution in [1.82, 2.24) is 35.6 Å². The molecule has 20 nitrogen and oxygen atoms in total. The first-order valence-electron chi connectivity index (χ1n) is 33.2. The Bertz CT molecular complexity index is 3000. The predicted octanol–water partition coefficient (Wildman–Crippen LogP) is 10.0. The SMILES string of the molecule is CC[C@H](C)[C@@H]([C@@H](CC(=O)N1CCC[C@H]1[C@H](OC)[C@@H](C)C(=O)N[C@@H](Cc1ccccc1)c1nccs1)OC)N(C)C(=O)[C@@H](CC(=O)[C@H](C(C)C)N(C)CCc1ccc(N(C)C(=O)OCc2ccc(CC(=O)[C@H](CCCNC(N)=O)NC(=O)[C@@H](C)C(C)C)cc2)cc1)C(C)C. The van der Waals surface area contributed by atoms with Crippen molar-refractivity contribution in [3.05, 3.63) is 118 Å². The van der Waals surface area contributed by atoms with E-state index in [2.05, 4.69) is 39.7 Å². The third-order valence-electron chi connectivity index (χ3n) is 18.8. The summed E-state index contributed by atoms with van der Waals surface area (Å²) in [6.45, 7) is 21.0. The van der Waals surface area contributed by atoms with Crippen LogP contribution in [0, 0.1) is 41.4 Å². The van der Waals surface area contributed by atoms with Crippen molar-refractivity contribution in [3.63, 3.8) is 0 Å². The van der Waals surface area contributed by atoms with Crippen LogP contribution in [-0.4, -0.2) is 158 Å². The maximum absolute atomic E-state index is 14.9. The highest BCUT2D eigenvalue weighted by molar-refractivity contribution is 7.09. The number of rotatable bonds is 38. The van der Waals surface area contributed by atoms with Crippen molar-refractivity contribution in [2.75, 3.05) is 59.9 Å². The summed E-state index contributed by atoms with van der Waals surface area (Å²) in [7, 11) is 8.52. The van der Waals surface area contributed by atoms with Crippen LogP contribution in [0.1, 0.15) is 147 Å². The standard InChI is InChI=1S/C72H107N9O11S/c1-16-48(8)65(62(90-14)43-63(84)81-37-21-25-59(81)66(91-15)50(10)68(86)77-58(69-74-36-39-93-69)40-52-22-18-17-19-23-52)80(13)70(87)56(46(4)5)42-61(83)64(47(6)7)78(11)38-34-51-30-32-55(33-31-51)79(12)72(89)92-44-54-28-26-53(27-29-54)41-60(82)57(24-20-35-75-71(73)88)76-67(85)49(9)45(2)3/h17-19,22-23,26-33,36,39,45-50,56-59,62,64-66H,16,20-21,24-25,34-35,37-38,40-44H2,1-15H3,(H,76,85)(H,77,86)(H3,73,75,88)/t48-,49-,50+,56-,57-,58-,59-,62+,64-,65-,66+/m0/s1. The van der Waals surface area contributed by atoms with Gasteiger partial charge < -0.3 is 45.7 Å². The van der Waals surface area contributed by atoms with E-state index < -0.39 is 54.3 Å². The van der Waals surface area contributed by atoms with Crippen LogP contribution in [0.15, 0.2) is 90.4 Å². The summed E-state index contributed by atoms with van der Waals surface area (Å²) in [5.41, 5.74) is 9.37. The van der Waals surface area contributed by atoms with Crippen molar-refractivity contribution in [1.29, 1.82) is 0 Å². The van der Waals surface area contributed by atoms with Gasteiger partial charge in [0.15, 0.2) is 11.6 Å². The van der Waals surface area contributed by atoms with Gasteiger partial charge in [0.25, 0.3) is 0 Å². The second kappa shape index (κ2) is 37.7. The number of nitrogens with zero attached hydrogens (tertiary/aromatic N) is 5. The topological polar surface area (TPSA) is 252 Å². The molecule has 2 heterocycles. The lowest BCUT2D eigenvalue weighted by molar-refractivity contribution is -0.149. The Morgan fingerprint density at radius 1 is 0.742 bits per heavy atom. The second-order valence-corrected chi connectivity index (χ2v) is 27.3. The monoisotopic (exact) mass is 1310 g/mol. The normalized spacial score (nSPS) is 16.5. The number of Topliss-reactive ketones (excluding diaryl/α,β-unsaturated/α-hetero) is 2. The number of methoxy groups -OCH3 is 2. The molecule has 93 heavy (non-hydrogen) atoms. The van der Waals surface area contributed by atoms with Crippen LogP contribution < -0.4 is 26.6 Å². The number of likely N-dealkylation sites (N-methyl/N-ethyl adjacent to an activating group) is 2. The first kappa shape index (κ1) is 76.6. The third-order valence-corrected chi connectivity index (χ3v) is 19.7. The zero-order chi connectivity index (χ0) is 68.6. The fourth-order valence-electron chi connectivity index (χ4n) is 12.6. The molecule has 1 aliphatic heterocycles. The van der Waals surface area contributed by atoms with Gasteiger partial charge in [0.1, 0.15) is 11.6 Å². The second-order valence-electron chi connectivity index (χ2n) is 26.4. The van der Waals surface area contributed by atoms with Crippen LogP contribution in [0.25, 0.3) is 0 Å². The molecule has 1 fully saturated rings. The summed E-state index contributed by atoms with van der Waals surface area (Å²) in [5, 5.41) is 11.4. The Balaban J connectivity index is 1.15. The van der Waals surface area contributed by atoms with Crippen molar-refractivity contribution < 1.29 is 52.6 Å². The molecule has 7 amide bonds. The highest BCUT2D eigenvalue weighted by Gasteiger charge is 2.44. The number of primary amides is 1. The number of nitrogens with two attached hydrogens (primary N) is 1. The van der Waals surface area contributed by atoms with Gasteiger partial charge in [-0.2, -0.15) is 0 Å². The molecule has 0 unspecified atom stereocenters. The van der Waals surface area contributed by atoms with E-state index in [-0.39, 0.29) is 109 Å². The summed E-state index contributed by atoms with van der Waals surface area (Å²) >= 11 is 1.49. The maximum atomic E-state index is 14.9. The van der Waals surface area contributed by atoms with Gasteiger partial charge in [-0.15, -0.1) is 11.3 Å². The number of urea groups is 1. The molecular formula is C72H107N9O11S. The number of likely N-dealkylation sites (tertiary alicyclic amines) is 1. The predicted molar refractivity (Wildman–Crippen MR) is 365 cm³/mol.